The Morgan fingerprint density at radius 2 is 2.11 bits per heavy atom. The first-order chi connectivity index (χ1) is 9.19. The number of benzene rings is 2. The lowest BCUT2D eigenvalue weighted by Crippen LogP contribution is -1.83. The van der Waals surface area contributed by atoms with Crippen LogP contribution < -0.4 is 0 Å². The Hall–Kier alpha value is -2.19. The van der Waals surface area contributed by atoms with Crippen LogP contribution in [-0.2, 0) is 0 Å². The number of imidazole rings is 1. The zero-order valence-electron chi connectivity index (χ0n) is 9.61. The van der Waals surface area contributed by atoms with Gasteiger partial charge in [-0.1, -0.05) is 6.07 Å². The maximum absolute atomic E-state index is 13.2. The van der Waals surface area contributed by atoms with Gasteiger partial charge in [0, 0.05) is 5.56 Å². The van der Waals surface area contributed by atoms with Gasteiger partial charge in [-0.15, -0.1) is 0 Å². The van der Waals surface area contributed by atoms with Crippen LogP contribution in [-0.4, -0.2) is 9.97 Å². The molecule has 3 rings (SSSR count). The summed E-state index contributed by atoms with van der Waals surface area (Å²) in [5, 5.41) is 9.03. The van der Waals surface area contributed by atoms with Crippen molar-refractivity contribution in [2.75, 3.05) is 0 Å². The quantitative estimate of drug-likeness (QED) is 0.737. The molecule has 1 aromatic heterocycles. The Bertz CT molecular complexity index is 817. The molecule has 2 aromatic carbocycles. The number of rotatable bonds is 1. The number of nitriles is 1. The van der Waals surface area contributed by atoms with Crippen LogP contribution in [0.25, 0.3) is 22.4 Å². The molecule has 0 atom stereocenters. The van der Waals surface area contributed by atoms with E-state index in [9.17, 15) is 4.39 Å². The number of para-hydroxylation sites is 1. The van der Waals surface area contributed by atoms with E-state index in [2.05, 4.69) is 32.0 Å². The molecule has 0 amide bonds. The first-order valence-electron chi connectivity index (χ1n) is 5.53. The van der Waals surface area contributed by atoms with Gasteiger partial charge in [0.2, 0.25) is 0 Å². The second-order valence-corrected chi connectivity index (χ2v) is 4.88. The zero-order chi connectivity index (χ0) is 13.4. The molecule has 0 bridgehead atoms. The normalized spacial score (nSPS) is 10.6. The Morgan fingerprint density at radius 1 is 1.26 bits per heavy atom. The number of nitrogens with zero attached hydrogens (tertiary/aromatic N) is 2. The second kappa shape index (κ2) is 4.48. The third-order valence-electron chi connectivity index (χ3n) is 2.83. The van der Waals surface area contributed by atoms with E-state index >= 15 is 0 Å². The highest BCUT2D eigenvalue weighted by Gasteiger charge is 2.10. The van der Waals surface area contributed by atoms with Crippen molar-refractivity contribution in [2.24, 2.45) is 0 Å². The van der Waals surface area contributed by atoms with Gasteiger partial charge in [0.25, 0.3) is 0 Å². The van der Waals surface area contributed by atoms with E-state index in [0.29, 0.717) is 21.4 Å². The molecule has 1 heterocycles. The Morgan fingerprint density at radius 3 is 2.84 bits per heavy atom. The number of H-pyrrole nitrogens is 1. The summed E-state index contributed by atoms with van der Waals surface area (Å²) in [6.45, 7) is 0. The van der Waals surface area contributed by atoms with Crippen molar-refractivity contribution in [1.29, 1.82) is 5.26 Å². The van der Waals surface area contributed by atoms with E-state index in [-0.39, 0.29) is 5.82 Å². The summed E-state index contributed by atoms with van der Waals surface area (Å²) in [6, 6.07) is 12.1. The van der Waals surface area contributed by atoms with Crippen LogP contribution in [0.4, 0.5) is 4.39 Å². The third-order valence-corrected chi connectivity index (χ3v) is 3.43. The summed E-state index contributed by atoms with van der Waals surface area (Å²) in [6.07, 6.45) is 0. The maximum Gasteiger partial charge on any atom is 0.138 e. The van der Waals surface area contributed by atoms with E-state index in [0.717, 1.165) is 11.1 Å². The van der Waals surface area contributed by atoms with Gasteiger partial charge in [-0.2, -0.15) is 5.26 Å². The lowest BCUT2D eigenvalue weighted by molar-refractivity contribution is 0.621. The highest BCUT2D eigenvalue weighted by Crippen LogP contribution is 2.26. The fourth-order valence-corrected chi connectivity index (χ4v) is 2.28. The Labute approximate surface area is 116 Å². The van der Waals surface area contributed by atoms with Gasteiger partial charge < -0.3 is 4.98 Å². The van der Waals surface area contributed by atoms with Gasteiger partial charge in [0.15, 0.2) is 0 Å². The van der Waals surface area contributed by atoms with Crippen LogP contribution in [0, 0.1) is 17.1 Å². The first-order valence-corrected chi connectivity index (χ1v) is 6.32. The summed E-state index contributed by atoms with van der Waals surface area (Å²) in [5.74, 6) is 0.288. The molecule has 1 N–H and O–H groups in total. The standard InChI is InChI=1S/C14H7BrFN3/c15-10-6-8(4-5-11(10)16)14-18-12-3-1-2-9(7-17)13(12)19-14/h1-6H,(H,18,19). The highest BCUT2D eigenvalue weighted by atomic mass is 79.9. The van der Waals surface area contributed by atoms with Crippen molar-refractivity contribution in [3.05, 3.63) is 52.3 Å². The smallest absolute Gasteiger partial charge is 0.138 e. The van der Waals surface area contributed by atoms with Crippen LogP contribution in [0.3, 0.4) is 0 Å². The minimum Gasteiger partial charge on any atom is -0.338 e. The Balaban J connectivity index is 2.21. The summed E-state index contributed by atoms with van der Waals surface area (Å²) < 4.78 is 13.6. The predicted molar refractivity (Wildman–Crippen MR) is 73.9 cm³/mol. The summed E-state index contributed by atoms with van der Waals surface area (Å²) in [7, 11) is 0. The fourth-order valence-electron chi connectivity index (χ4n) is 1.90. The molecule has 0 spiro atoms. The van der Waals surface area contributed by atoms with Crippen molar-refractivity contribution < 1.29 is 4.39 Å². The predicted octanol–water partition coefficient (Wildman–Crippen LogP) is 4.00. The molecule has 0 saturated carbocycles. The monoisotopic (exact) mass is 315 g/mol. The zero-order valence-corrected chi connectivity index (χ0v) is 11.2. The molecular formula is C14H7BrFN3. The van der Waals surface area contributed by atoms with Crippen LogP contribution in [0.2, 0.25) is 0 Å². The number of halogens is 2. The molecule has 0 fully saturated rings. The molecule has 3 aromatic rings. The molecule has 0 unspecified atom stereocenters. The van der Waals surface area contributed by atoms with Gasteiger partial charge in [-0.3, -0.25) is 0 Å². The minimum absolute atomic E-state index is 0.322. The topological polar surface area (TPSA) is 52.5 Å². The minimum atomic E-state index is -0.322. The lowest BCUT2D eigenvalue weighted by Gasteiger charge is -1.98. The van der Waals surface area contributed by atoms with Crippen LogP contribution >= 0.6 is 15.9 Å². The van der Waals surface area contributed by atoms with E-state index in [1.165, 1.54) is 6.07 Å². The van der Waals surface area contributed by atoms with Crippen molar-refractivity contribution in [1.82, 2.24) is 9.97 Å². The maximum atomic E-state index is 13.2. The van der Waals surface area contributed by atoms with Crippen molar-refractivity contribution in [3.63, 3.8) is 0 Å². The lowest BCUT2D eigenvalue weighted by atomic mass is 10.2. The van der Waals surface area contributed by atoms with E-state index in [4.69, 9.17) is 5.26 Å². The van der Waals surface area contributed by atoms with Crippen molar-refractivity contribution in [3.8, 4) is 17.5 Å². The number of nitrogens with one attached hydrogen (secondary N) is 1. The molecule has 0 aliphatic heterocycles. The molecule has 19 heavy (non-hydrogen) atoms. The van der Waals surface area contributed by atoms with E-state index < -0.39 is 0 Å². The molecule has 3 nitrogen and oxygen atoms in total. The van der Waals surface area contributed by atoms with Crippen molar-refractivity contribution >= 4 is 27.0 Å². The molecule has 0 radical (unpaired) electrons. The largest absolute Gasteiger partial charge is 0.338 e. The van der Waals surface area contributed by atoms with E-state index in [1.54, 1.807) is 24.3 Å². The average Bonchev–Trinajstić information content (AvgIpc) is 2.85. The summed E-state index contributed by atoms with van der Waals surface area (Å²) >= 11 is 3.15. The molecule has 0 saturated heterocycles. The first kappa shape index (κ1) is 11.9. The summed E-state index contributed by atoms with van der Waals surface area (Å²) in [5.41, 5.74) is 2.68. The van der Waals surface area contributed by atoms with Gasteiger partial charge in [-0.25, -0.2) is 9.37 Å². The Kier molecular flexibility index (Phi) is 2.80. The second-order valence-electron chi connectivity index (χ2n) is 4.03. The molecule has 5 heteroatoms. The van der Waals surface area contributed by atoms with Gasteiger partial charge in [-0.05, 0) is 46.3 Å². The third kappa shape index (κ3) is 2.00. The number of hydrogen-bond donors (Lipinski definition) is 1. The highest BCUT2D eigenvalue weighted by molar-refractivity contribution is 9.10. The molecule has 92 valence electrons. The number of hydrogen-bond acceptors (Lipinski definition) is 2. The van der Waals surface area contributed by atoms with Gasteiger partial charge in [0.05, 0.1) is 15.6 Å². The van der Waals surface area contributed by atoms with Crippen molar-refractivity contribution in [2.45, 2.75) is 0 Å². The number of aromatic amines is 1. The fraction of sp³-hybridized carbons (Fsp3) is 0. The average molecular weight is 316 g/mol. The van der Waals surface area contributed by atoms with Gasteiger partial charge in [0.1, 0.15) is 23.2 Å². The molecule has 0 aliphatic carbocycles. The van der Waals surface area contributed by atoms with E-state index in [1.807, 2.05) is 6.07 Å². The summed E-state index contributed by atoms with van der Waals surface area (Å²) in [4.78, 5) is 7.53. The number of aromatic nitrogens is 2. The molecule has 0 aliphatic rings. The van der Waals surface area contributed by atoms with Crippen LogP contribution in [0.15, 0.2) is 40.9 Å². The molecular weight excluding hydrogens is 309 g/mol. The van der Waals surface area contributed by atoms with Gasteiger partial charge >= 0.3 is 0 Å². The number of fused-ring (bicyclic) bond motifs is 1. The van der Waals surface area contributed by atoms with Crippen LogP contribution in [0.1, 0.15) is 5.56 Å². The SMILES string of the molecule is N#Cc1cccc2[nH]c(-c3ccc(F)c(Br)c3)nc12. The van der Waals surface area contributed by atoms with Crippen LogP contribution in [0.5, 0.6) is 0 Å².